The molecule has 1 aromatic rings. The molecule has 1 unspecified atom stereocenters. The summed E-state index contributed by atoms with van der Waals surface area (Å²) in [5.41, 5.74) is 3.10. The normalized spacial score (nSPS) is 12.0. The van der Waals surface area contributed by atoms with Crippen LogP contribution in [0, 0.1) is 13.8 Å². The number of aryl methyl sites for hydroxylation is 1. The number of hydrogen-bond donors (Lipinski definition) is 2. The van der Waals surface area contributed by atoms with Gasteiger partial charge in [-0.1, -0.05) is 0 Å². The van der Waals surface area contributed by atoms with Crippen molar-refractivity contribution in [3.63, 3.8) is 0 Å². The van der Waals surface area contributed by atoms with Crippen molar-refractivity contribution < 1.29 is 19.1 Å². The molecule has 1 atom stereocenters. The van der Waals surface area contributed by atoms with Crippen molar-refractivity contribution in [3.8, 4) is 0 Å². The first-order valence-electron chi connectivity index (χ1n) is 5.99. The highest BCUT2D eigenvalue weighted by atomic mass is 16.5. The first-order valence-corrected chi connectivity index (χ1v) is 5.99. The van der Waals surface area contributed by atoms with E-state index in [1.165, 1.54) is 14.2 Å². The summed E-state index contributed by atoms with van der Waals surface area (Å²) in [5, 5.41) is 2.60. The summed E-state index contributed by atoms with van der Waals surface area (Å²) in [5.74, 6) is -0.814. The van der Waals surface area contributed by atoms with E-state index in [1.54, 1.807) is 0 Å². The second kappa shape index (κ2) is 6.94. The molecule has 0 radical (unpaired) electrons. The van der Waals surface area contributed by atoms with E-state index in [2.05, 4.69) is 10.3 Å². The Balaban J connectivity index is 2.77. The molecule has 6 nitrogen and oxygen atoms in total. The molecule has 0 saturated carbocycles. The number of carbonyl (C=O) groups excluding carboxylic acids is 2. The maximum absolute atomic E-state index is 11.7. The first kappa shape index (κ1) is 15.2. The number of aromatic nitrogens is 1. The van der Waals surface area contributed by atoms with Gasteiger partial charge in [0.15, 0.2) is 0 Å². The molecule has 1 heterocycles. The number of methoxy groups -OCH3 is 2. The summed E-state index contributed by atoms with van der Waals surface area (Å²) in [6.45, 7) is 3.83. The van der Waals surface area contributed by atoms with Gasteiger partial charge in [-0.3, -0.25) is 4.79 Å². The molecule has 0 aliphatic heterocycles. The zero-order valence-electron chi connectivity index (χ0n) is 11.7. The Morgan fingerprint density at radius 2 is 2.05 bits per heavy atom. The van der Waals surface area contributed by atoms with E-state index in [0.717, 1.165) is 16.8 Å². The third-order valence-electron chi connectivity index (χ3n) is 3.03. The largest absolute Gasteiger partial charge is 0.467 e. The van der Waals surface area contributed by atoms with E-state index in [1.807, 2.05) is 20.0 Å². The molecular weight excluding hydrogens is 248 g/mol. The Labute approximate surface area is 112 Å². The number of nitrogens with one attached hydrogen (secondary N) is 2. The van der Waals surface area contributed by atoms with Crippen molar-refractivity contribution in [2.75, 3.05) is 20.8 Å². The molecule has 0 aliphatic rings. The van der Waals surface area contributed by atoms with Gasteiger partial charge in [0.05, 0.1) is 7.11 Å². The van der Waals surface area contributed by atoms with E-state index in [-0.39, 0.29) is 12.5 Å². The monoisotopic (exact) mass is 268 g/mol. The van der Waals surface area contributed by atoms with E-state index >= 15 is 0 Å². The summed E-state index contributed by atoms with van der Waals surface area (Å²) in [6, 6.07) is -0.707. The lowest BCUT2D eigenvalue weighted by Crippen LogP contribution is -2.44. The van der Waals surface area contributed by atoms with Gasteiger partial charge in [0, 0.05) is 25.4 Å². The second-order valence-corrected chi connectivity index (χ2v) is 4.34. The van der Waals surface area contributed by atoms with Crippen molar-refractivity contribution in [1.82, 2.24) is 10.3 Å². The number of H-pyrrole nitrogens is 1. The van der Waals surface area contributed by atoms with Crippen LogP contribution < -0.4 is 5.32 Å². The average Bonchev–Trinajstić information content (AvgIpc) is 2.69. The van der Waals surface area contributed by atoms with Gasteiger partial charge in [-0.2, -0.15) is 0 Å². The van der Waals surface area contributed by atoms with Crippen LogP contribution in [-0.4, -0.2) is 43.7 Å². The molecule has 1 amide bonds. The predicted molar refractivity (Wildman–Crippen MR) is 69.8 cm³/mol. The van der Waals surface area contributed by atoms with Gasteiger partial charge >= 0.3 is 5.97 Å². The Morgan fingerprint density at radius 3 is 2.53 bits per heavy atom. The predicted octanol–water partition coefficient (Wildman–Crippen LogP) is 0.478. The lowest BCUT2D eigenvalue weighted by molar-refractivity contribution is -0.145. The van der Waals surface area contributed by atoms with Crippen LogP contribution in [0.2, 0.25) is 0 Å². The molecule has 0 fully saturated rings. The summed E-state index contributed by atoms with van der Waals surface area (Å²) < 4.78 is 9.43. The Bertz CT molecular complexity index is 453. The van der Waals surface area contributed by atoms with Crippen molar-refractivity contribution >= 4 is 11.9 Å². The molecule has 0 aromatic carbocycles. The maximum Gasteiger partial charge on any atom is 0.328 e. The van der Waals surface area contributed by atoms with Crippen molar-refractivity contribution in [2.24, 2.45) is 0 Å². The van der Waals surface area contributed by atoms with Gasteiger partial charge in [0.25, 0.3) is 0 Å². The minimum absolute atomic E-state index is 0.0847. The number of aromatic amines is 1. The van der Waals surface area contributed by atoms with E-state index in [9.17, 15) is 9.59 Å². The molecule has 1 rings (SSSR count). The van der Waals surface area contributed by atoms with Crippen LogP contribution in [0.15, 0.2) is 6.20 Å². The molecule has 106 valence electrons. The lowest BCUT2D eigenvalue weighted by atomic mass is 10.0. The minimum Gasteiger partial charge on any atom is -0.467 e. The van der Waals surface area contributed by atoms with Crippen LogP contribution in [-0.2, 0) is 25.5 Å². The van der Waals surface area contributed by atoms with Gasteiger partial charge in [-0.05, 0) is 25.0 Å². The molecule has 2 N–H and O–H groups in total. The molecular formula is C13H20N2O4. The standard InChI is InChI=1S/C13H20N2O4/c1-8-9(2)14-6-10(8)5-11(13(17)19-4)15-12(16)7-18-3/h6,11,14H,5,7H2,1-4H3,(H,15,16). The Hall–Kier alpha value is -1.82. The zero-order valence-corrected chi connectivity index (χ0v) is 11.7. The smallest absolute Gasteiger partial charge is 0.328 e. The van der Waals surface area contributed by atoms with Gasteiger partial charge in [-0.15, -0.1) is 0 Å². The van der Waals surface area contributed by atoms with Gasteiger partial charge in [0.2, 0.25) is 5.91 Å². The number of ether oxygens (including phenoxy) is 2. The zero-order chi connectivity index (χ0) is 14.4. The van der Waals surface area contributed by atoms with Crippen LogP contribution in [0.5, 0.6) is 0 Å². The molecule has 19 heavy (non-hydrogen) atoms. The number of hydrogen-bond acceptors (Lipinski definition) is 4. The van der Waals surface area contributed by atoms with Crippen molar-refractivity contribution in [3.05, 3.63) is 23.0 Å². The number of carbonyl (C=O) groups is 2. The molecule has 0 saturated heterocycles. The van der Waals surface area contributed by atoms with E-state index in [0.29, 0.717) is 6.42 Å². The number of esters is 1. The topological polar surface area (TPSA) is 80.4 Å². The van der Waals surface area contributed by atoms with Gasteiger partial charge < -0.3 is 19.8 Å². The van der Waals surface area contributed by atoms with Crippen LogP contribution in [0.3, 0.4) is 0 Å². The van der Waals surface area contributed by atoms with Gasteiger partial charge in [0.1, 0.15) is 12.6 Å². The van der Waals surface area contributed by atoms with Crippen LogP contribution in [0.25, 0.3) is 0 Å². The average molecular weight is 268 g/mol. The second-order valence-electron chi connectivity index (χ2n) is 4.34. The maximum atomic E-state index is 11.7. The Kier molecular flexibility index (Phi) is 5.57. The SMILES string of the molecule is COCC(=O)NC(Cc1c[nH]c(C)c1C)C(=O)OC. The summed E-state index contributed by atoms with van der Waals surface area (Å²) in [4.78, 5) is 26.3. The lowest BCUT2D eigenvalue weighted by Gasteiger charge is -2.16. The van der Waals surface area contributed by atoms with Crippen LogP contribution in [0.1, 0.15) is 16.8 Å². The van der Waals surface area contributed by atoms with E-state index < -0.39 is 12.0 Å². The highest BCUT2D eigenvalue weighted by Crippen LogP contribution is 2.14. The van der Waals surface area contributed by atoms with Gasteiger partial charge in [-0.25, -0.2) is 4.79 Å². The van der Waals surface area contributed by atoms with Crippen LogP contribution in [0.4, 0.5) is 0 Å². The summed E-state index contributed by atoms with van der Waals surface area (Å²) in [7, 11) is 2.72. The third kappa shape index (κ3) is 4.10. The Morgan fingerprint density at radius 1 is 1.37 bits per heavy atom. The summed E-state index contributed by atoms with van der Waals surface area (Å²) in [6.07, 6.45) is 2.22. The minimum atomic E-state index is -0.707. The summed E-state index contributed by atoms with van der Waals surface area (Å²) >= 11 is 0. The van der Waals surface area contributed by atoms with E-state index in [4.69, 9.17) is 9.47 Å². The first-order chi connectivity index (χ1) is 8.99. The molecule has 0 spiro atoms. The highest BCUT2D eigenvalue weighted by molar-refractivity contribution is 5.85. The fourth-order valence-electron chi connectivity index (χ4n) is 1.79. The van der Waals surface area contributed by atoms with Crippen molar-refractivity contribution in [2.45, 2.75) is 26.3 Å². The molecule has 6 heteroatoms. The van der Waals surface area contributed by atoms with Crippen LogP contribution >= 0.6 is 0 Å². The molecule has 1 aromatic heterocycles. The third-order valence-corrected chi connectivity index (χ3v) is 3.03. The number of rotatable bonds is 6. The quantitative estimate of drug-likeness (QED) is 0.735. The fourth-order valence-corrected chi connectivity index (χ4v) is 1.79. The van der Waals surface area contributed by atoms with Crippen molar-refractivity contribution in [1.29, 1.82) is 0 Å². The molecule has 0 bridgehead atoms. The molecule has 0 aliphatic carbocycles. The fraction of sp³-hybridized carbons (Fsp3) is 0.538. The highest BCUT2D eigenvalue weighted by Gasteiger charge is 2.23. The number of amides is 1.